The predicted molar refractivity (Wildman–Crippen MR) is 108 cm³/mol. The summed E-state index contributed by atoms with van der Waals surface area (Å²) < 4.78 is 6.26. The third kappa shape index (κ3) is 1.78. The van der Waals surface area contributed by atoms with Crippen LogP contribution in [0.5, 0.6) is 5.75 Å². The van der Waals surface area contributed by atoms with Crippen molar-refractivity contribution in [2.75, 3.05) is 0 Å². The lowest BCUT2D eigenvalue weighted by molar-refractivity contribution is 0.388. The molecule has 0 radical (unpaired) electrons. The maximum absolute atomic E-state index is 6.45. The molecule has 0 fully saturated rings. The Morgan fingerprint density at radius 1 is 0.815 bits per heavy atom. The average molecular weight is 366 g/mol. The molecule has 0 saturated carbocycles. The molecule has 1 nitrogen and oxygen atoms in total. The maximum atomic E-state index is 6.45. The van der Waals surface area contributed by atoms with Crippen LogP contribution in [0.15, 0.2) is 96.3 Å². The molecular formula is C25H14ClO+. The highest BCUT2D eigenvalue weighted by molar-refractivity contribution is 6.30. The van der Waals surface area contributed by atoms with Crippen LogP contribution in [0.25, 0.3) is 11.1 Å². The summed E-state index contributed by atoms with van der Waals surface area (Å²) in [5, 5.41) is 0.706. The van der Waals surface area contributed by atoms with Gasteiger partial charge in [0, 0.05) is 16.7 Å². The van der Waals surface area contributed by atoms with Gasteiger partial charge in [-0.1, -0.05) is 60.1 Å². The normalized spacial score (nSPS) is 16.9. The van der Waals surface area contributed by atoms with E-state index in [4.69, 9.17) is 16.3 Å². The van der Waals surface area contributed by atoms with Gasteiger partial charge in [0.2, 0.25) is 5.76 Å². The van der Waals surface area contributed by atoms with E-state index in [0.29, 0.717) is 5.02 Å². The average Bonchev–Trinajstić information content (AvgIpc) is 3.01. The van der Waals surface area contributed by atoms with Gasteiger partial charge in [-0.3, -0.25) is 0 Å². The molecule has 1 aliphatic heterocycles. The van der Waals surface area contributed by atoms with Crippen LogP contribution in [0.2, 0.25) is 5.02 Å². The summed E-state index contributed by atoms with van der Waals surface area (Å²) in [6.45, 7) is 0. The Labute approximate surface area is 162 Å². The minimum absolute atomic E-state index is 0.470. The van der Waals surface area contributed by atoms with Gasteiger partial charge in [-0.25, -0.2) is 0 Å². The van der Waals surface area contributed by atoms with Crippen molar-refractivity contribution in [1.82, 2.24) is 0 Å². The number of allylic oxidation sites excluding steroid dienone is 5. The Kier molecular flexibility index (Phi) is 2.89. The van der Waals surface area contributed by atoms with E-state index < -0.39 is 5.41 Å². The van der Waals surface area contributed by atoms with E-state index >= 15 is 0 Å². The summed E-state index contributed by atoms with van der Waals surface area (Å²) in [4.78, 5) is 0. The molecule has 0 amide bonds. The molecule has 1 heterocycles. The van der Waals surface area contributed by atoms with Gasteiger partial charge in [-0.05, 0) is 40.5 Å². The number of ether oxygens (including phenoxy) is 1. The fourth-order valence-corrected chi connectivity index (χ4v) is 4.90. The lowest BCUT2D eigenvalue weighted by atomic mass is 9.64. The van der Waals surface area contributed by atoms with Crippen molar-refractivity contribution in [1.29, 1.82) is 0 Å². The highest BCUT2D eigenvalue weighted by Crippen LogP contribution is 2.61. The largest absolute Gasteiger partial charge is 0.397 e. The first-order valence-electron chi connectivity index (χ1n) is 8.98. The van der Waals surface area contributed by atoms with Crippen LogP contribution in [-0.2, 0) is 5.41 Å². The summed E-state index contributed by atoms with van der Waals surface area (Å²) in [5.41, 5.74) is 6.65. The van der Waals surface area contributed by atoms with Gasteiger partial charge in [0.15, 0.2) is 11.3 Å². The molecule has 2 heteroatoms. The maximum Gasteiger partial charge on any atom is 0.246 e. The fraction of sp³-hybridized carbons (Fsp3) is 0.0400. The molecule has 1 spiro atoms. The van der Waals surface area contributed by atoms with Crippen molar-refractivity contribution in [2.24, 2.45) is 0 Å². The molecule has 0 N–H and O–H groups in total. The molecule has 27 heavy (non-hydrogen) atoms. The molecular weight excluding hydrogens is 352 g/mol. The van der Waals surface area contributed by atoms with Crippen LogP contribution in [0, 0.1) is 6.08 Å². The third-order valence-corrected chi connectivity index (χ3v) is 5.95. The van der Waals surface area contributed by atoms with Gasteiger partial charge in [-0.2, -0.15) is 0 Å². The van der Waals surface area contributed by atoms with Crippen molar-refractivity contribution in [3.8, 4) is 16.9 Å². The highest BCUT2D eigenvalue weighted by atomic mass is 35.5. The summed E-state index contributed by atoms with van der Waals surface area (Å²) in [5.74, 6) is 1.69. The number of fused-ring (bicyclic) bond motifs is 9. The minimum Gasteiger partial charge on any atom is -0.397 e. The summed E-state index contributed by atoms with van der Waals surface area (Å²) in [7, 11) is 0. The van der Waals surface area contributed by atoms with Crippen molar-refractivity contribution >= 4 is 11.6 Å². The number of halogens is 1. The van der Waals surface area contributed by atoms with Crippen LogP contribution in [0.4, 0.5) is 0 Å². The Morgan fingerprint density at radius 2 is 1.52 bits per heavy atom. The Balaban J connectivity index is 1.85. The Morgan fingerprint density at radius 3 is 2.26 bits per heavy atom. The van der Waals surface area contributed by atoms with Crippen LogP contribution < -0.4 is 4.74 Å². The fourth-order valence-electron chi connectivity index (χ4n) is 4.73. The van der Waals surface area contributed by atoms with Gasteiger partial charge in [0.05, 0.1) is 12.2 Å². The van der Waals surface area contributed by atoms with Crippen molar-refractivity contribution in [3.05, 3.63) is 124 Å². The van der Waals surface area contributed by atoms with E-state index in [9.17, 15) is 0 Å². The smallest absolute Gasteiger partial charge is 0.246 e. The van der Waals surface area contributed by atoms with Crippen molar-refractivity contribution < 1.29 is 4.74 Å². The summed E-state index contributed by atoms with van der Waals surface area (Å²) >= 11 is 6.45. The van der Waals surface area contributed by atoms with E-state index in [2.05, 4.69) is 54.6 Å². The first-order valence-corrected chi connectivity index (χ1v) is 9.36. The third-order valence-electron chi connectivity index (χ3n) is 5.71. The molecule has 6 rings (SSSR count). The molecule has 2 aliphatic carbocycles. The van der Waals surface area contributed by atoms with E-state index in [1.54, 1.807) is 0 Å². The van der Waals surface area contributed by atoms with Crippen molar-refractivity contribution in [3.63, 3.8) is 0 Å². The lowest BCUT2D eigenvalue weighted by Gasteiger charge is -2.36. The van der Waals surface area contributed by atoms with Crippen LogP contribution >= 0.6 is 11.6 Å². The Bertz CT molecular complexity index is 1170. The zero-order valence-electron chi connectivity index (χ0n) is 14.4. The molecule has 0 atom stereocenters. The van der Waals surface area contributed by atoms with Crippen LogP contribution in [0.1, 0.15) is 16.7 Å². The first-order chi connectivity index (χ1) is 13.3. The first kappa shape index (κ1) is 15.0. The molecule has 126 valence electrons. The minimum atomic E-state index is -0.470. The molecule has 0 saturated heterocycles. The van der Waals surface area contributed by atoms with Crippen molar-refractivity contribution in [2.45, 2.75) is 5.41 Å². The second-order valence-corrected chi connectivity index (χ2v) is 7.43. The second-order valence-electron chi connectivity index (χ2n) is 6.99. The second kappa shape index (κ2) is 5.20. The van der Waals surface area contributed by atoms with E-state index in [1.807, 2.05) is 36.4 Å². The molecule has 3 aromatic rings. The number of rotatable bonds is 0. The number of hydrogen-bond donors (Lipinski definition) is 0. The van der Waals surface area contributed by atoms with Gasteiger partial charge in [0.1, 0.15) is 11.5 Å². The van der Waals surface area contributed by atoms with Gasteiger partial charge < -0.3 is 4.74 Å². The number of benzene rings is 3. The zero-order chi connectivity index (χ0) is 18.0. The molecule has 0 bridgehead atoms. The predicted octanol–water partition coefficient (Wildman–Crippen LogP) is 6.23. The standard InChI is InChI=1S/C25H14ClO/c26-16-13-14-24-22(15-16)25(21-11-5-6-12-23(21)27-24)19-9-3-1-7-17(19)18-8-2-4-10-20(18)25/h1-10,12-15H/q+1. The van der Waals surface area contributed by atoms with Gasteiger partial charge in [-0.15, -0.1) is 0 Å². The van der Waals surface area contributed by atoms with E-state index in [-0.39, 0.29) is 0 Å². The monoisotopic (exact) mass is 365 g/mol. The lowest BCUT2D eigenvalue weighted by Crippen LogP contribution is -2.36. The zero-order valence-corrected chi connectivity index (χ0v) is 15.1. The van der Waals surface area contributed by atoms with E-state index in [1.165, 1.54) is 22.3 Å². The topological polar surface area (TPSA) is 9.23 Å². The highest BCUT2D eigenvalue weighted by Gasteiger charge is 2.56. The summed E-state index contributed by atoms with van der Waals surface area (Å²) in [6.07, 6.45) is 9.45. The van der Waals surface area contributed by atoms with Crippen LogP contribution in [-0.4, -0.2) is 0 Å². The molecule has 3 aliphatic rings. The molecule has 0 unspecified atom stereocenters. The SMILES string of the molecule is Clc1ccc2c(c1)C1(C3=[C+]C=CC=C3O2)c2ccccc2-c2ccccc21. The van der Waals surface area contributed by atoms with E-state index in [0.717, 1.165) is 22.6 Å². The van der Waals surface area contributed by atoms with Crippen LogP contribution in [0.3, 0.4) is 0 Å². The molecule has 3 aromatic carbocycles. The van der Waals surface area contributed by atoms with Gasteiger partial charge >= 0.3 is 0 Å². The number of hydrogen-bond acceptors (Lipinski definition) is 1. The quantitative estimate of drug-likeness (QED) is 0.429. The summed E-state index contributed by atoms with van der Waals surface area (Å²) in [6, 6.07) is 23.1. The van der Waals surface area contributed by atoms with Gasteiger partial charge in [0.25, 0.3) is 0 Å². The molecule has 0 aromatic heterocycles. The Hall–Kier alpha value is -3.12.